The number of likely N-dealkylation sites (tertiary alicyclic amines) is 1. The maximum Gasteiger partial charge on any atom is 0.331 e. The number of ether oxygens (including phenoxy) is 1. The van der Waals surface area contributed by atoms with Crippen molar-refractivity contribution in [1.29, 1.82) is 0 Å². The van der Waals surface area contributed by atoms with Gasteiger partial charge in [0.1, 0.15) is 11.5 Å². The van der Waals surface area contributed by atoms with Crippen molar-refractivity contribution >= 4 is 40.8 Å². The SMILES string of the molecule is COC(=O)C1(NC(=O)CCc2cccc(NC(C)=O)c2)CCN(CC(C(=O)O)c2cccs2)CC1. The normalized spacial score (nSPS) is 16.2. The van der Waals surface area contributed by atoms with Gasteiger partial charge in [-0.15, -0.1) is 11.3 Å². The molecule has 2 amide bonds. The summed E-state index contributed by atoms with van der Waals surface area (Å²) in [5, 5.41) is 17.1. The zero-order valence-electron chi connectivity index (χ0n) is 19.9. The Bertz CT molecular complexity index is 1050. The molecular formula is C25H31N3O6S. The zero-order valence-corrected chi connectivity index (χ0v) is 20.7. The summed E-state index contributed by atoms with van der Waals surface area (Å²) in [5.74, 6) is -2.45. The van der Waals surface area contributed by atoms with E-state index in [0.717, 1.165) is 10.4 Å². The molecule has 1 fully saturated rings. The molecule has 2 heterocycles. The number of nitrogens with one attached hydrogen (secondary N) is 2. The monoisotopic (exact) mass is 501 g/mol. The lowest BCUT2D eigenvalue weighted by Gasteiger charge is -2.40. The number of benzene rings is 1. The minimum Gasteiger partial charge on any atom is -0.481 e. The highest BCUT2D eigenvalue weighted by Crippen LogP contribution is 2.28. The van der Waals surface area contributed by atoms with Crippen LogP contribution in [0.15, 0.2) is 41.8 Å². The summed E-state index contributed by atoms with van der Waals surface area (Å²) in [6.45, 7) is 2.69. The number of carbonyl (C=O) groups is 4. The number of nitrogens with zero attached hydrogens (tertiary/aromatic N) is 1. The third kappa shape index (κ3) is 7.12. The smallest absolute Gasteiger partial charge is 0.331 e. The number of aryl methyl sites for hydroxylation is 1. The maximum absolute atomic E-state index is 12.8. The highest BCUT2D eigenvalue weighted by atomic mass is 32.1. The van der Waals surface area contributed by atoms with E-state index >= 15 is 0 Å². The molecule has 1 aromatic carbocycles. The number of piperidine rings is 1. The van der Waals surface area contributed by atoms with Gasteiger partial charge in [0.25, 0.3) is 0 Å². The number of anilines is 1. The molecule has 1 aliphatic heterocycles. The van der Waals surface area contributed by atoms with Gasteiger partial charge >= 0.3 is 11.9 Å². The highest BCUT2D eigenvalue weighted by Gasteiger charge is 2.44. The van der Waals surface area contributed by atoms with Crippen LogP contribution in [0.25, 0.3) is 0 Å². The Morgan fingerprint density at radius 2 is 1.91 bits per heavy atom. The Hall–Kier alpha value is -3.24. The Kier molecular flexibility index (Phi) is 9.00. The number of carboxylic acids is 1. The number of thiophene rings is 1. The van der Waals surface area contributed by atoms with E-state index in [2.05, 4.69) is 10.6 Å². The van der Waals surface area contributed by atoms with Gasteiger partial charge in [0.15, 0.2) is 0 Å². The lowest BCUT2D eigenvalue weighted by atomic mass is 9.86. The van der Waals surface area contributed by atoms with Crippen LogP contribution in [-0.4, -0.2) is 66.0 Å². The van der Waals surface area contributed by atoms with Gasteiger partial charge in [0, 0.05) is 43.5 Å². The van der Waals surface area contributed by atoms with Gasteiger partial charge in [-0.25, -0.2) is 4.79 Å². The minimum absolute atomic E-state index is 0.170. The van der Waals surface area contributed by atoms with Crippen LogP contribution >= 0.6 is 11.3 Å². The first-order valence-corrected chi connectivity index (χ1v) is 12.3. The molecule has 0 bridgehead atoms. The van der Waals surface area contributed by atoms with Crippen LogP contribution in [0, 0.1) is 0 Å². The largest absolute Gasteiger partial charge is 0.481 e. The van der Waals surface area contributed by atoms with Crippen LogP contribution in [0.5, 0.6) is 0 Å². The predicted molar refractivity (Wildman–Crippen MR) is 132 cm³/mol. The van der Waals surface area contributed by atoms with E-state index in [1.165, 1.54) is 25.4 Å². The molecule has 1 saturated heterocycles. The van der Waals surface area contributed by atoms with Crippen molar-refractivity contribution in [2.24, 2.45) is 0 Å². The number of esters is 1. The Morgan fingerprint density at radius 1 is 1.17 bits per heavy atom. The van der Waals surface area contributed by atoms with Crippen molar-refractivity contribution in [3.05, 3.63) is 52.2 Å². The fourth-order valence-electron chi connectivity index (χ4n) is 4.33. The molecule has 2 aromatic rings. The van der Waals surface area contributed by atoms with E-state index in [1.54, 1.807) is 6.07 Å². The molecule has 35 heavy (non-hydrogen) atoms. The first kappa shape index (κ1) is 26.4. The van der Waals surface area contributed by atoms with E-state index in [9.17, 15) is 24.3 Å². The van der Waals surface area contributed by atoms with Crippen LogP contribution in [-0.2, 0) is 30.3 Å². The van der Waals surface area contributed by atoms with E-state index < -0.39 is 23.4 Å². The Morgan fingerprint density at radius 3 is 2.51 bits per heavy atom. The molecule has 0 aliphatic carbocycles. The van der Waals surface area contributed by atoms with Crippen molar-refractivity contribution in [2.45, 2.75) is 44.1 Å². The third-order valence-corrected chi connectivity index (χ3v) is 7.16. The summed E-state index contributed by atoms with van der Waals surface area (Å²) in [4.78, 5) is 51.3. The molecule has 3 N–H and O–H groups in total. The summed E-state index contributed by atoms with van der Waals surface area (Å²) >= 11 is 1.41. The van der Waals surface area contributed by atoms with E-state index in [4.69, 9.17) is 4.74 Å². The van der Waals surface area contributed by atoms with Gasteiger partial charge in [0.2, 0.25) is 11.8 Å². The average Bonchev–Trinajstić information content (AvgIpc) is 3.36. The van der Waals surface area contributed by atoms with E-state index in [0.29, 0.717) is 44.6 Å². The second-order valence-electron chi connectivity index (χ2n) is 8.71. The minimum atomic E-state index is -1.14. The second kappa shape index (κ2) is 11.9. The van der Waals surface area contributed by atoms with Crippen molar-refractivity contribution in [2.75, 3.05) is 32.1 Å². The molecule has 1 atom stereocenters. The molecule has 1 unspecified atom stereocenters. The molecule has 0 saturated carbocycles. The average molecular weight is 502 g/mol. The number of hydrogen-bond donors (Lipinski definition) is 3. The number of carboxylic acid groups (broad SMARTS) is 1. The van der Waals surface area contributed by atoms with Crippen LogP contribution in [0.3, 0.4) is 0 Å². The van der Waals surface area contributed by atoms with Crippen molar-refractivity contribution in [3.63, 3.8) is 0 Å². The quantitative estimate of drug-likeness (QED) is 0.428. The van der Waals surface area contributed by atoms with Crippen LogP contribution in [0.1, 0.15) is 42.5 Å². The number of rotatable bonds is 10. The van der Waals surface area contributed by atoms with Gasteiger partial charge in [-0.1, -0.05) is 18.2 Å². The van der Waals surface area contributed by atoms with E-state index in [-0.39, 0.29) is 18.2 Å². The van der Waals surface area contributed by atoms with Crippen molar-refractivity contribution < 1.29 is 29.0 Å². The summed E-state index contributed by atoms with van der Waals surface area (Å²) in [6.07, 6.45) is 1.29. The first-order valence-electron chi connectivity index (χ1n) is 11.5. The number of amides is 2. The summed E-state index contributed by atoms with van der Waals surface area (Å²) in [5.41, 5.74) is 0.416. The van der Waals surface area contributed by atoms with Crippen LogP contribution < -0.4 is 10.6 Å². The van der Waals surface area contributed by atoms with Crippen molar-refractivity contribution in [1.82, 2.24) is 10.2 Å². The number of carbonyl (C=O) groups excluding carboxylic acids is 3. The Balaban J connectivity index is 1.59. The lowest BCUT2D eigenvalue weighted by molar-refractivity contribution is -0.153. The first-order chi connectivity index (χ1) is 16.7. The van der Waals surface area contributed by atoms with Gasteiger partial charge in [-0.05, 0) is 48.4 Å². The fraction of sp³-hybridized carbons (Fsp3) is 0.440. The molecule has 0 radical (unpaired) electrons. The maximum atomic E-state index is 12.8. The number of methoxy groups -OCH3 is 1. The molecule has 0 spiro atoms. The standard InChI is InChI=1S/C25H31N3O6S/c1-17(29)26-19-6-3-5-18(15-19)8-9-22(30)27-25(24(33)34-2)10-12-28(13-11-25)16-20(23(31)32)21-7-4-14-35-21/h3-7,14-15,20H,8-13,16H2,1-2H3,(H,26,29)(H,27,30)(H,31,32). The molecule has 1 aromatic heterocycles. The van der Waals surface area contributed by atoms with E-state index in [1.807, 2.05) is 40.6 Å². The molecular weight excluding hydrogens is 470 g/mol. The second-order valence-corrected chi connectivity index (χ2v) is 9.69. The number of aliphatic carboxylic acids is 1. The molecule has 10 heteroatoms. The zero-order chi connectivity index (χ0) is 25.4. The molecule has 1 aliphatic rings. The molecule has 3 rings (SSSR count). The number of hydrogen-bond acceptors (Lipinski definition) is 7. The van der Waals surface area contributed by atoms with Crippen molar-refractivity contribution in [3.8, 4) is 0 Å². The summed E-state index contributed by atoms with van der Waals surface area (Å²) in [6, 6.07) is 10.9. The molecule has 9 nitrogen and oxygen atoms in total. The van der Waals surface area contributed by atoms with Crippen LogP contribution in [0.4, 0.5) is 5.69 Å². The predicted octanol–water partition coefficient (Wildman–Crippen LogP) is 2.63. The Labute approximate surface area is 208 Å². The van der Waals surface area contributed by atoms with Crippen LogP contribution in [0.2, 0.25) is 0 Å². The van der Waals surface area contributed by atoms with Gasteiger partial charge in [0.05, 0.1) is 7.11 Å². The van der Waals surface area contributed by atoms with Gasteiger partial charge in [-0.2, -0.15) is 0 Å². The van der Waals surface area contributed by atoms with Gasteiger partial charge in [-0.3, -0.25) is 14.4 Å². The van der Waals surface area contributed by atoms with Gasteiger partial charge < -0.3 is 25.4 Å². The molecule has 188 valence electrons. The summed E-state index contributed by atoms with van der Waals surface area (Å²) < 4.78 is 5.02. The lowest BCUT2D eigenvalue weighted by Crippen LogP contribution is -2.60. The fourth-order valence-corrected chi connectivity index (χ4v) is 5.14. The topological polar surface area (TPSA) is 125 Å². The third-order valence-electron chi connectivity index (χ3n) is 6.18. The highest BCUT2D eigenvalue weighted by molar-refractivity contribution is 7.10. The summed E-state index contributed by atoms with van der Waals surface area (Å²) in [7, 11) is 1.30.